The molecule has 1 atom stereocenters. The first-order valence-corrected chi connectivity index (χ1v) is 11.5. The van der Waals surface area contributed by atoms with Crippen LogP contribution in [0.5, 0.6) is 0 Å². The van der Waals surface area contributed by atoms with E-state index in [1.54, 1.807) is 18.2 Å². The van der Waals surface area contributed by atoms with Gasteiger partial charge in [0.15, 0.2) is 0 Å². The van der Waals surface area contributed by atoms with E-state index >= 15 is 0 Å². The van der Waals surface area contributed by atoms with Crippen molar-refractivity contribution in [2.24, 2.45) is 5.41 Å². The number of aliphatic carboxylic acids is 1. The lowest BCUT2D eigenvalue weighted by Gasteiger charge is -2.24. The molecule has 0 spiro atoms. The maximum atomic E-state index is 14.3. The molecule has 1 N–H and O–H groups in total. The van der Waals surface area contributed by atoms with E-state index in [2.05, 4.69) is 0 Å². The van der Waals surface area contributed by atoms with Crippen molar-refractivity contribution in [3.63, 3.8) is 0 Å². The number of esters is 1. The Morgan fingerprint density at radius 1 is 1.09 bits per heavy atom. The van der Waals surface area contributed by atoms with Crippen molar-refractivity contribution in [3.05, 3.63) is 65.0 Å². The zero-order chi connectivity index (χ0) is 22.9. The third kappa shape index (κ3) is 2.82. The number of hydrogen-bond donors (Lipinski definition) is 1. The van der Waals surface area contributed by atoms with Gasteiger partial charge in [-0.1, -0.05) is 31.4 Å². The van der Waals surface area contributed by atoms with E-state index in [-0.39, 0.29) is 12.4 Å². The van der Waals surface area contributed by atoms with Crippen molar-refractivity contribution < 1.29 is 23.8 Å². The molecular weight excluding hydrogens is 421 g/mol. The maximum absolute atomic E-state index is 14.3. The van der Waals surface area contributed by atoms with Gasteiger partial charge in [-0.15, -0.1) is 0 Å². The summed E-state index contributed by atoms with van der Waals surface area (Å²) in [4.78, 5) is 24.7. The highest BCUT2D eigenvalue weighted by Gasteiger charge is 2.55. The Morgan fingerprint density at radius 3 is 2.61 bits per heavy atom. The molecule has 3 aromatic rings. The van der Waals surface area contributed by atoms with E-state index in [0.29, 0.717) is 22.6 Å². The lowest BCUT2D eigenvalue weighted by Crippen LogP contribution is -2.24. The normalized spacial score (nSPS) is 21.5. The number of carboxylic acids is 1. The van der Waals surface area contributed by atoms with E-state index < -0.39 is 17.4 Å². The number of carboxylic acid groups (broad SMARTS) is 1. The second-order valence-corrected chi connectivity index (χ2v) is 9.43. The molecule has 2 aliphatic carbocycles. The number of hydrogen-bond acceptors (Lipinski definition) is 3. The van der Waals surface area contributed by atoms with Crippen LogP contribution in [0.3, 0.4) is 0 Å². The van der Waals surface area contributed by atoms with E-state index in [0.717, 1.165) is 47.8 Å². The van der Waals surface area contributed by atoms with E-state index in [1.807, 2.05) is 16.7 Å². The first kappa shape index (κ1) is 20.2. The summed E-state index contributed by atoms with van der Waals surface area (Å²) in [5, 5.41) is 11.2. The summed E-state index contributed by atoms with van der Waals surface area (Å²) >= 11 is 0. The fraction of sp³-hybridized carbons (Fsp3) is 0.333. The van der Waals surface area contributed by atoms with Gasteiger partial charge in [0.05, 0.1) is 18.4 Å². The summed E-state index contributed by atoms with van der Waals surface area (Å²) in [6, 6.07) is 10.2. The number of rotatable bonds is 3. The molecule has 1 unspecified atom stereocenters. The second kappa shape index (κ2) is 7.04. The average Bonchev–Trinajstić information content (AvgIpc) is 3.50. The van der Waals surface area contributed by atoms with Gasteiger partial charge in [-0.2, -0.15) is 0 Å². The monoisotopic (exact) mass is 445 g/mol. The first-order chi connectivity index (χ1) is 15.9. The highest BCUT2D eigenvalue weighted by molar-refractivity contribution is 6.10. The smallest absolute Gasteiger partial charge is 0.337 e. The number of fused-ring (bicyclic) bond motifs is 7. The molecule has 0 radical (unpaired) electrons. The molecule has 1 aromatic heterocycles. The average molecular weight is 445 g/mol. The number of carbonyl (C=O) groups excluding carboxylic acids is 1. The number of carbonyl (C=O) groups is 2. The van der Waals surface area contributed by atoms with Crippen LogP contribution in [-0.4, -0.2) is 28.7 Å². The Labute approximate surface area is 190 Å². The van der Waals surface area contributed by atoms with Crippen LogP contribution < -0.4 is 0 Å². The van der Waals surface area contributed by atoms with Crippen molar-refractivity contribution >= 4 is 28.4 Å². The quantitative estimate of drug-likeness (QED) is 0.520. The van der Waals surface area contributed by atoms with Crippen molar-refractivity contribution in [1.82, 2.24) is 4.57 Å². The Balaban J connectivity index is 1.70. The molecule has 1 fully saturated rings. The van der Waals surface area contributed by atoms with Crippen LogP contribution in [0.4, 0.5) is 4.39 Å². The number of ether oxygens (including phenoxy) is 1. The molecule has 6 rings (SSSR count). The summed E-state index contributed by atoms with van der Waals surface area (Å²) in [5.74, 6) is -1.41. The van der Waals surface area contributed by atoms with Crippen LogP contribution in [0.1, 0.15) is 59.5 Å². The minimum Gasteiger partial charge on any atom is -0.480 e. The molecule has 1 saturated carbocycles. The first-order valence-electron chi connectivity index (χ1n) is 11.5. The number of aromatic nitrogens is 1. The summed E-state index contributed by atoms with van der Waals surface area (Å²) in [6.07, 6.45) is 7.37. The molecule has 3 aliphatic rings. The lowest BCUT2D eigenvalue weighted by atomic mass is 9.81. The van der Waals surface area contributed by atoms with Gasteiger partial charge in [0.2, 0.25) is 0 Å². The molecule has 2 aromatic carbocycles. The zero-order valence-electron chi connectivity index (χ0n) is 18.4. The van der Waals surface area contributed by atoms with E-state index in [1.165, 1.54) is 31.2 Å². The Morgan fingerprint density at radius 2 is 1.88 bits per heavy atom. The molecule has 0 bridgehead atoms. The molecule has 0 saturated heterocycles. The van der Waals surface area contributed by atoms with Crippen LogP contribution >= 0.6 is 0 Å². The fourth-order valence-electron chi connectivity index (χ4n) is 5.98. The molecule has 33 heavy (non-hydrogen) atoms. The van der Waals surface area contributed by atoms with Crippen LogP contribution in [0.2, 0.25) is 0 Å². The standard InChI is InChI=1S/C27H24FNO4/c1-33-25(30)16-7-9-19-22(11-16)29-14-27(26(31)32)13-21(27)20-12-17(28)8-10-18(20)24(29)23(19)15-5-3-2-4-6-15/h7-13,15H,2-6,14H2,1H3,(H,31,32). The van der Waals surface area contributed by atoms with Crippen molar-refractivity contribution in [2.45, 2.75) is 44.6 Å². The number of benzene rings is 2. The molecule has 168 valence electrons. The number of nitrogens with zero attached hydrogens (tertiary/aromatic N) is 1. The van der Waals surface area contributed by atoms with Crippen molar-refractivity contribution in [1.29, 1.82) is 0 Å². The minimum absolute atomic E-state index is 0.219. The van der Waals surface area contributed by atoms with Gasteiger partial charge in [0.25, 0.3) is 0 Å². The summed E-state index contributed by atoms with van der Waals surface area (Å²) < 4.78 is 21.3. The Bertz CT molecular complexity index is 1380. The van der Waals surface area contributed by atoms with Crippen LogP contribution in [0.15, 0.2) is 42.5 Å². The van der Waals surface area contributed by atoms with Gasteiger partial charge in [0, 0.05) is 23.0 Å². The molecule has 5 nitrogen and oxygen atoms in total. The van der Waals surface area contributed by atoms with Gasteiger partial charge >= 0.3 is 11.9 Å². The summed E-state index contributed by atoms with van der Waals surface area (Å²) in [6.45, 7) is 0.219. The SMILES string of the molecule is COC(=O)c1ccc2c(C3CCCCC3)c3n(c2c1)CC1(C(=O)O)C=C1c1cc(F)ccc1-3. The van der Waals surface area contributed by atoms with Crippen molar-refractivity contribution in [2.75, 3.05) is 7.11 Å². The van der Waals surface area contributed by atoms with E-state index in [4.69, 9.17) is 4.74 Å². The molecule has 0 amide bonds. The van der Waals surface area contributed by atoms with Gasteiger partial charge in [-0.3, -0.25) is 4.79 Å². The Hall–Kier alpha value is -3.41. The van der Waals surface area contributed by atoms with E-state index in [9.17, 15) is 19.1 Å². The van der Waals surface area contributed by atoms with Crippen LogP contribution in [0.25, 0.3) is 27.7 Å². The molecule has 2 heterocycles. The molecular formula is C27H24FNO4. The highest BCUT2D eigenvalue weighted by atomic mass is 19.1. The third-order valence-electron chi connectivity index (χ3n) is 7.64. The van der Waals surface area contributed by atoms with Crippen molar-refractivity contribution in [3.8, 4) is 11.3 Å². The van der Waals surface area contributed by atoms with Gasteiger partial charge in [-0.25, -0.2) is 9.18 Å². The lowest BCUT2D eigenvalue weighted by molar-refractivity contribution is -0.142. The third-order valence-corrected chi connectivity index (χ3v) is 7.64. The minimum atomic E-state index is -1.16. The van der Waals surface area contributed by atoms with Gasteiger partial charge < -0.3 is 14.4 Å². The summed E-state index contributed by atoms with van der Waals surface area (Å²) in [5.41, 5.74) is 4.43. The van der Waals surface area contributed by atoms with Gasteiger partial charge in [0.1, 0.15) is 11.2 Å². The Kier molecular flexibility index (Phi) is 4.31. The predicted octanol–water partition coefficient (Wildman–Crippen LogP) is 5.76. The number of halogens is 1. The van der Waals surface area contributed by atoms with Gasteiger partial charge in [-0.05, 0) is 65.8 Å². The predicted molar refractivity (Wildman–Crippen MR) is 123 cm³/mol. The number of methoxy groups -OCH3 is 1. The largest absolute Gasteiger partial charge is 0.480 e. The maximum Gasteiger partial charge on any atom is 0.337 e. The zero-order valence-corrected chi connectivity index (χ0v) is 18.4. The highest BCUT2D eigenvalue weighted by Crippen LogP contribution is 2.59. The topological polar surface area (TPSA) is 68.5 Å². The van der Waals surface area contributed by atoms with Crippen LogP contribution in [-0.2, 0) is 16.1 Å². The fourth-order valence-corrected chi connectivity index (χ4v) is 5.98. The second-order valence-electron chi connectivity index (χ2n) is 9.43. The summed E-state index contributed by atoms with van der Waals surface area (Å²) in [7, 11) is 1.35. The molecule has 1 aliphatic heterocycles. The molecule has 6 heteroatoms. The van der Waals surface area contributed by atoms with Crippen LogP contribution in [0, 0.1) is 11.2 Å².